The van der Waals surface area contributed by atoms with E-state index in [0.29, 0.717) is 24.4 Å². The molecule has 12 heteroatoms. The van der Waals surface area contributed by atoms with Crippen molar-refractivity contribution in [1.82, 2.24) is 25.8 Å². The number of aliphatic carboxylic acids is 1. The number of carbonyl (C=O) groups is 4. The summed E-state index contributed by atoms with van der Waals surface area (Å²) in [7, 11) is 1.50. The van der Waals surface area contributed by atoms with Crippen LogP contribution in [-0.2, 0) is 14.4 Å². The van der Waals surface area contributed by atoms with E-state index >= 15 is 0 Å². The van der Waals surface area contributed by atoms with E-state index in [2.05, 4.69) is 16.0 Å². The summed E-state index contributed by atoms with van der Waals surface area (Å²) in [6.07, 6.45) is 2.19. The van der Waals surface area contributed by atoms with Crippen molar-refractivity contribution in [2.24, 2.45) is 17.6 Å². The lowest BCUT2D eigenvalue weighted by Crippen LogP contribution is -2.66. The van der Waals surface area contributed by atoms with Crippen LogP contribution in [0, 0.1) is 11.8 Å². The molecule has 0 aromatic heterocycles. The minimum atomic E-state index is -1.13. The number of thioether (sulfide) groups is 1. The average Bonchev–Trinajstić information content (AvgIpc) is 3.35. The smallest absolute Gasteiger partial charge is 0.353 e. The van der Waals surface area contributed by atoms with Crippen LogP contribution in [0.1, 0.15) is 40.0 Å². The Kier molecular flexibility index (Phi) is 7.35. The number of rotatable bonds is 6. The van der Waals surface area contributed by atoms with Crippen LogP contribution in [0.5, 0.6) is 0 Å². The van der Waals surface area contributed by atoms with E-state index in [1.165, 1.54) is 23.7 Å². The fourth-order valence-corrected chi connectivity index (χ4v) is 7.44. The first-order valence-corrected chi connectivity index (χ1v) is 13.2. The van der Waals surface area contributed by atoms with Gasteiger partial charge in [-0.3, -0.25) is 9.59 Å². The molecule has 0 aromatic rings. The molecule has 1 unspecified atom stereocenters. The number of nitrogens with one attached hydrogen (secondary N) is 3. The molecule has 3 saturated heterocycles. The van der Waals surface area contributed by atoms with Crippen molar-refractivity contribution in [2.45, 2.75) is 75.5 Å². The Morgan fingerprint density at radius 3 is 2.60 bits per heavy atom. The van der Waals surface area contributed by atoms with Gasteiger partial charge in [0.25, 0.3) is 0 Å². The van der Waals surface area contributed by atoms with E-state index in [-0.39, 0.29) is 58.9 Å². The van der Waals surface area contributed by atoms with Gasteiger partial charge in [-0.05, 0) is 33.1 Å². The van der Waals surface area contributed by atoms with Crippen LogP contribution < -0.4 is 21.7 Å². The maximum absolute atomic E-state index is 13.1. The predicted molar refractivity (Wildman–Crippen MR) is 131 cm³/mol. The van der Waals surface area contributed by atoms with E-state index < -0.39 is 17.9 Å². The van der Waals surface area contributed by atoms with Gasteiger partial charge >= 0.3 is 12.0 Å². The van der Waals surface area contributed by atoms with Gasteiger partial charge in [0.15, 0.2) is 0 Å². The van der Waals surface area contributed by atoms with Crippen LogP contribution in [0.3, 0.4) is 0 Å². The second-order valence-corrected chi connectivity index (χ2v) is 11.5. The molecular formula is C23H36N6O5S. The lowest BCUT2D eigenvalue weighted by Gasteiger charge is -2.47. The van der Waals surface area contributed by atoms with Gasteiger partial charge in [-0.25, -0.2) is 9.59 Å². The summed E-state index contributed by atoms with van der Waals surface area (Å²) in [6, 6.07) is -1.20. The first kappa shape index (κ1) is 25.8. The highest BCUT2D eigenvalue weighted by atomic mass is 32.2. The van der Waals surface area contributed by atoms with Gasteiger partial charge in [0.05, 0.1) is 18.0 Å². The molecule has 4 aliphatic rings. The number of hydrogen-bond acceptors (Lipinski definition) is 7. The number of likely N-dealkylation sites (tertiary alicyclic amines) is 1. The van der Waals surface area contributed by atoms with Crippen LogP contribution in [0.2, 0.25) is 0 Å². The highest BCUT2D eigenvalue weighted by Gasteiger charge is 2.60. The summed E-state index contributed by atoms with van der Waals surface area (Å²) in [5.74, 6) is -2.00. The number of carbonyl (C=O) groups excluding carboxylic acids is 3. The van der Waals surface area contributed by atoms with Crippen LogP contribution in [0.25, 0.3) is 0 Å². The number of hydrogen-bond donors (Lipinski definition) is 5. The van der Waals surface area contributed by atoms with Gasteiger partial charge in [0.1, 0.15) is 5.70 Å². The summed E-state index contributed by atoms with van der Waals surface area (Å²) in [5.41, 5.74) is 6.08. The van der Waals surface area contributed by atoms with Crippen LogP contribution in [-0.4, -0.2) is 94.3 Å². The summed E-state index contributed by atoms with van der Waals surface area (Å²) in [5, 5.41) is 18.5. The highest BCUT2D eigenvalue weighted by Crippen LogP contribution is 2.51. The third kappa shape index (κ3) is 4.63. The van der Waals surface area contributed by atoms with E-state index in [1.807, 2.05) is 18.7 Å². The Morgan fingerprint density at radius 1 is 1.26 bits per heavy atom. The minimum absolute atomic E-state index is 0.0202. The zero-order valence-electron chi connectivity index (χ0n) is 20.6. The number of piperidine rings is 1. The van der Waals surface area contributed by atoms with Gasteiger partial charge in [-0.2, -0.15) is 0 Å². The summed E-state index contributed by atoms with van der Waals surface area (Å²) >= 11 is 1.46. The number of carboxylic acids is 1. The van der Waals surface area contributed by atoms with E-state index in [9.17, 15) is 24.3 Å². The fraction of sp³-hybridized carbons (Fsp3) is 0.739. The Balaban J connectivity index is 1.44. The van der Waals surface area contributed by atoms with Crippen molar-refractivity contribution < 1.29 is 24.3 Å². The third-order valence-electron chi connectivity index (χ3n) is 7.80. The predicted octanol–water partition coefficient (Wildman–Crippen LogP) is -0.121. The Bertz CT molecular complexity index is 943. The second kappa shape index (κ2) is 9.98. The van der Waals surface area contributed by atoms with Crippen molar-refractivity contribution in [2.75, 3.05) is 20.1 Å². The first-order chi connectivity index (χ1) is 16.5. The molecule has 0 spiro atoms. The Hall–Kier alpha value is -2.31. The molecule has 11 nitrogen and oxygen atoms in total. The lowest BCUT2D eigenvalue weighted by molar-refractivity contribution is -0.158. The van der Waals surface area contributed by atoms with E-state index in [4.69, 9.17) is 5.73 Å². The van der Waals surface area contributed by atoms with Crippen molar-refractivity contribution in [3.63, 3.8) is 0 Å². The third-order valence-corrected chi connectivity index (χ3v) is 9.31. The minimum Gasteiger partial charge on any atom is -0.477 e. The molecule has 4 amide bonds. The summed E-state index contributed by atoms with van der Waals surface area (Å²) in [4.78, 5) is 54.0. The lowest BCUT2D eigenvalue weighted by atomic mass is 9.78. The number of nitrogens with zero attached hydrogens (tertiary/aromatic N) is 2. The fourth-order valence-electron chi connectivity index (χ4n) is 5.96. The highest BCUT2D eigenvalue weighted by molar-refractivity contribution is 8.03. The number of nitrogens with two attached hydrogens (primary N) is 1. The number of carboxylic acid groups (broad SMARTS) is 1. The molecular weight excluding hydrogens is 472 g/mol. The second-order valence-electron chi connectivity index (χ2n) is 10.1. The maximum atomic E-state index is 13.1. The van der Waals surface area contributed by atoms with Gasteiger partial charge in [-0.1, -0.05) is 6.92 Å². The molecule has 0 aromatic carbocycles. The first-order valence-electron chi connectivity index (χ1n) is 12.3. The maximum Gasteiger partial charge on any atom is 0.353 e. The Labute approximate surface area is 209 Å². The van der Waals surface area contributed by atoms with E-state index in [1.54, 1.807) is 6.92 Å². The summed E-state index contributed by atoms with van der Waals surface area (Å²) < 4.78 is 0. The molecule has 0 radical (unpaired) electrons. The molecule has 0 saturated carbocycles. The normalized spacial score (nSPS) is 35.5. The monoisotopic (exact) mass is 508 g/mol. The quantitative estimate of drug-likeness (QED) is 0.311. The molecule has 0 bridgehead atoms. The average molecular weight is 509 g/mol. The number of β-lactam (4-membered cyclic amide) rings is 1. The zero-order valence-corrected chi connectivity index (χ0v) is 21.4. The molecule has 6 N–H and O–H groups in total. The molecule has 4 rings (SSSR count). The molecule has 8 atom stereocenters. The number of urea groups is 1. The summed E-state index contributed by atoms with van der Waals surface area (Å²) in [6.45, 7) is 6.97. The van der Waals surface area contributed by atoms with Crippen molar-refractivity contribution in [3.05, 3.63) is 10.6 Å². The Morgan fingerprint density at radius 2 is 1.97 bits per heavy atom. The SMILES string of the molecule is CNC(=O)N[C@H](C)[C@H]1C(=O)N2C(C(=O)O)=C(S[C@@H]3CN[C@H](C(=O)N4CCC(N)C[C@@H]4C)C3)[C@H](C)[C@H]12. The van der Waals surface area contributed by atoms with E-state index in [0.717, 1.165) is 12.8 Å². The standard InChI is InChI=1S/C23H36N6O5S/c1-10-7-13(24)5-6-28(10)20(30)15-8-14(9-26-15)35-19-11(2)17-16(12(3)27-23(34)25-4)21(31)29(17)18(19)22(32)33/h10-17,26H,5-9,24H2,1-4H3,(H,32,33)(H2,25,27,34)/t10-,11+,12+,13?,14-,15-,16+,17+/m0/s1. The van der Waals surface area contributed by atoms with Crippen LogP contribution in [0.4, 0.5) is 4.79 Å². The molecule has 0 aliphatic carbocycles. The van der Waals surface area contributed by atoms with Gasteiger partial charge < -0.3 is 36.6 Å². The largest absolute Gasteiger partial charge is 0.477 e. The molecule has 3 fully saturated rings. The van der Waals surface area contributed by atoms with Crippen molar-refractivity contribution in [3.8, 4) is 0 Å². The van der Waals surface area contributed by atoms with Gasteiger partial charge in [-0.15, -0.1) is 11.8 Å². The van der Waals surface area contributed by atoms with Gasteiger partial charge in [0, 0.05) is 54.3 Å². The topological polar surface area (TPSA) is 157 Å². The van der Waals surface area contributed by atoms with Crippen molar-refractivity contribution >= 4 is 35.6 Å². The number of amides is 4. The molecule has 4 aliphatic heterocycles. The molecule has 4 heterocycles. The molecule has 35 heavy (non-hydrogen) atoms. The van der Waals surface area contributed by atoms with Crippen LogP contribution >= 0.6 is 11.8 Å². The van der Waals surface area contributed by atoms with Gasteiger partial charge in [0.2, 0.25) is 11.8 Å². The number of fused-ring (bicyclic) bond motifs is 1. The van der Waals surface area contributed by atoms with Crippen LogP contribution in [0.15, 0.2) is 10.6 Å². The van der Waals surface area contributed by atoms with Crippen molar-refractivity contribution in [1.29, 1.82) is 0 Å². The molecule has 194 valence electrons. The zero-order chi connectivity index (χ0) is 25.6.